The number of hydrogen-bond donors (Lipinski definition) is 0. The van der Waals surface area contributed by atoms with E-state index in [1.807, 2.05) is 0 Å². The summed E-state index contributed by atoms with van der Waals surface area (Å²) in [7, 11) is 0. The highest BCUT2D eigenvalue weighted by atomic mass is 35.5. The molecule has 2 aromatic rings. The van der Waals surface area contributed by atoms with Gasteiger partial charge in [-0.3, -0.25) is 4.79 Å². The van der Waals surface area contributed by atoms with Crippen LogP contribution in [0.4, 0.5) is 13.2 Å². The monoisotopic (exact) mass is 284 g/mol. The maximum Gasteiger partial charge on any atom is 0.167 e. The lowest BCUT2D eigenvalue weighted by Gasteiger charge is -2.04. The molecule has 5 heteroatoms. The van der Waals surface area contributed by atoms with Crippen LogP contribution in [0.2, 0.25) is 5.02 Å². The smallest absolute Gasteiger partial charge is 0.167 e. The molecule has 0 atom stereocenters. The Morgan fingerprint density at radius 3 is 2.37 bits per heavy atom. The summed E-state index contributed by atoms with van der Waals surface area (Å²) in [5.41, 5.74) is 0.470. The van der Waals surface area contributed by atoms with Gasteiger partial charge in [-0.05, 0) is 35.9 Å². The second-order valence-corrected chi connectivity index (χ2v) is 4.37. The fourth-order valence-electron chi connectivity index (χ4n) is 1.61. The number of hydrogen-bond acceptors (Lipinski definition) is 1. The van der Waals surface area contributed by atoms with E-state index in [-0.39, 0.29) is 17.0 Å². The van der Waals surface area contributed by atoms with Crippen LogP contribution < -0.4 is 0 Å². The Balaban J connectivity index is 2.23. The second kappa shape index (κ2) is 5.45. The molecule has 0 unspecified atom stereocenters. The van der Waals surface area contributed by atoms with Gasteiger partial charge in [0.05, 0.1) is 0 Å². The molecule has 0 heterocycles. The number of carbonyl (C=O) groups excluding carboxylic acids is 1. The van der Waals surface area contributed by atoms with E-state index in [0.717, 1.165) is 18.2 Å². The van der Waals surface area contributed by atoms with E-state index in [4.69, 9.17) is 11.6 Å². The van der Waals surface area contributed by atoms with Crippen molar-refractivity contribution in [3.05, 3.63) is 70.0 Å². The van der Waals surface area contributed by atoms with Gasteiger partial charge in [-0.15, -0.1) is 0 Å². The average Bonchev–Trinajstić information content (AvgIpc) is 2.36. The predicted molar refractivity (Wildman–Crippen MR) is 65.8 cm³/mol. The largest absolute Gasteiger partial charge is 0.294 e. The van der Waals surface area contributed by atoms with Crippen LogP contribution in [0.5, 0.6) is 0 Å². The third-order valence-electron chi connectivity index (χ3n) is 2.61. The molecule has 0 aromatic heterocycles. The molecule has 0 spiro atoms. The molecule has 0 aliphatic carbocycles. The number of ketones is 1. The minimum Gasteiger partial charge on any atom is -0.294 e. The molecule has 0 saturated heterocycles. The lowest BCUT2D eigenvalue weighted by Crippen LogP contribution is -2.05. The molecule has 0 radical (unpaired) electrons. The predicted octanol–water partition coefficient (Wildman–Crippen LogP) is 4.18. The summed E-state index contributed by atoms with van der Waals surface area (Å²) in [5.74, 6) is -3.03. The molecule has 0 bridgehead atoms. The van der Waals surface area contributed by atoms with E-state index in [0.29, 0.717) is 5.56 Å². The molecule has 2 aromatic carbocycles. The standard InChI is InChI=1S/C14H8ClF3O/c15-11-7-10(16)3-1-8(11)6-14(19)9-2-4-12(17)13(18)5-9/h1-5,7H,6H2. The Morgan fingerprint density at radius 2 is 1.74 bits per heavy atom. The van der Waals surface area contributed by atoms with Crippen molar-refractivity contribution in [3.63, 3.8) is 0 Å². The molecule has 0 aliphatic rings. The Labute approximate surface area is 112 Å². The van der Waals surface area contributed by atoms with Gasteiger partial charge in [0.2, 0.25) is 0 Å². The van der Waals surface area contributed by atoms with Gasteiger partial charge in [0.25, 0.3) is 0 Å². The van der Waals surface area contributed by atoms with Gasteiger partial charge in [-0.1, -0.05) is 17.7 Å². The minimum atomic E-state index is -1.09. The fourth-order valence-corrected chi connectivity index (χ4v) is 1.84. The van der Waals surface area contributed by atoms with Crippen LogP contribution in [0.3, 0.4) is 0 Å². The molecular formula is C14H8ClF3O. The zero-order chi connectivity index (χ0) is 14.0. The van der Waals surface area contributed by atoms with Gasteiger partial charge in [-0.2, -0.15) is 0 Å². The average molecular weight is 285 g/mol. The molecule has 0 saturated carbocycles. The maximum atomic E-state index is 13.0. The fraction of sp³-hybridized carbons (Fsp3) is 0.0714. The van der Waals surface area contributed by atoms with E-state index < -0.39 is 23.2 Å². The summed E-state index contributed by atoms with van der Waals surface area (Å²) in [4.78, 5) is 11.9. The zero-order valence-electron chi connectivity index (χ0n) is 9.59. The number of carbonyl (C=O) groups is 1. The van der Waals surface area contributed by atoms with Crippen LogP contribution in [0.25, 0.3) is 0 Å². The molecule has 0 aliphatic heterocycles. The van der Waals surface area contributed by atoms with Crippen molar-refractivity contribution in [2.45, 2.75) is 6.42 Å². The maximum absolute atomic E-state index is 13.0. The molecule has 0 fully saturated rings. The molecule has 1 nitrogen and oxygen atoms in total. The third kappa shape index (κ3) is 3.15. The van der Waals surface area contributed by atoms with Crippen LogP contribution in [0, 0.1) is 17.5 Å². The van der Waals surface area contributed by atoms with Crippen LogP contribution in [0.1, 0.15) is 15.9 Å². The van der Waals surface area contributed by atoms with Gasteiger partial charge in [0, 0.05) is 17.0 Å². The van der Waals surface area contributed by atoms with Crippen LogP contribution >= 0.6 is 11.6 Å². The van der Waals surface area contributed by atoms with Crippen molar-refractivity contribution in [2.75, 3.05) is 0 Å². The highest BCUT2D eigenvalue weighted by molar-refractivity contribution is 6.31. The number of rotatable bonds is 3. The van der Waals surface area contributed by atoms with E-state index in [1.165, 1.54) is 18.2 Å². The Hall–Kier alpha value is -1.81. The zero-order valence-corrected chi connectivity index (χ0v) is 10.3. The highest BCUT2D eigenvalue weighted by Gasteiger charge is 2.12. The summed E-state index contributed by atoms with van der Waals surface area (Å²) in [6.07, 6.45) is -0.107. The first kappa shape index (κ1) is 13.6. The third-order valence-corrected chi connectivity index (χ3v) is 2.96. The van der Waals surface area contributed by atoms with Crippen molar-refractivity contribution < 1.29 is 18.0 Å². The molecule has 19 heavy (non-hydrogen) atoms. The molecule has 98 valence electrons. The summed E-state index contributed by atoms with van der Waals surface area (Å²) < 4.78 is 38.6. The van der Waals surface area contributed by atoms with Crippen molar-refractivity contribution >= 4 is 17.4 Å². The van der Waals surface area contributed by atoms with Crippen molar-refractivity contribution in [3.8, 4) is 0 Å². The first-order chi connectivity index (χ1) is 8.97. The highest BCUT2D eigenvalue weighted by Crippen LogP contribution is 2.20. The van der Waals surface area contributed by atoms with Crippen molar-refractivity contribution in [1.29, 1.82) is 0 Å². The SMILES string of the molecule is O=C(Cc1ccc(F)cc1Cl)c1ccc(F)c(F)c1. The van der Waals surface area contributed by atoms with Crippen molar-refractivity contribution in [2.24, 2.45) is 0 Å². The van der Waals surface area contributed by atoms with Crippen LogP contribution in [0.15, 0.2) is 36.4 Å². The lowest BCUT2D eigenvalue weighted by atomic mass is 10.0. The lowest BCUT2D eigenvalue weighted by molar-refractivity contribution is 0.0992. The summed E-state index contributed by atoms with van der Waals surface area (Å²) in [6, 6.07) is 6.56. The molecule has 0 N–H and O–H groups in total. The van der Waals surface area contributed by atoms with E-state index in [9.17, 15) is 18.0 Å². The summed E-state index contributed by atoms with van der Waals surface area (Å²) >= 11 is 5.79. The Morgan fingerprint density at radius 1 is 1.00 bits per heavy atom. The van der Waals surface area contributed by atoms with E-state index in [2.05, 4.69) is 0 Å². The summed E-state index contributed by atoms with van der Waals surface area (Å²) in [5, 5.41) is 0.121. The van der Waals surface area contributed by atoms with E-state index in [1.54, 1.807) is 0 Å². The van der Waals surface area contributed by atoms with Crippen molar-refractivity contribution in [1.82, 2.24) is 0 Å². The van der Waals surface area contributed by atoms with Crippen LogP contribution in [-0.4, -0.2) is 5.78 Å². The quantitative estimate of drug-likeness (QED) is 0.773. The van der Waals surface area contributed by atoms with Gasteiger partial charge < -0.3 is 0 Å². The first-order valence-corrected chi connectivity index (χ1v) is 5.77. The van der Waals surface area contributed by atoms with Crippen LogP contribution in [-0.2, 0) is 6.42 Å². The summed E-state index contributed by atoms with van der Waals surface area (Å²) in [6.45, 7) is 0. The van der Waals surface area contributed by atoms with Gasteiger partial charge in [0.1, 0.15) is 5.82 Å². The van der Waals surface area contributed by atoms with Gasteiger partial charge in [0.15, 0.2) is 17.4 Å². The first-order valence-electron chi connectivity index (χ1n) is 5.39. The van der Waals surface area contributed by atoms with Gasteiger partial charge >= 0.3 is 0 Å². The number of Topliss-reactive ketones (excluding diaryl/α,β-unsaturated/α-hetero) is 1. The van der Waals surface area contributed by atoms with E-state index >= 15 is 0 Å². The molecular weight excluding hydrogens is 277 g/mol. The van der Waals surface area contributed by atoms with Gasteiger partial charge in [-0.25, -0.2) is 13.2 Å². The molecule has 0 amide bonds. The normalized spacial score (nSPS) is 10.5. The topological polar surface area (TPSA) is 17.1 Å². The minimum absolute atomic E-state index is 0.0410. The number of halogens is 4. The Bertz CT molecular complexity index is 641. The number of benzene rings is 2. The Kier molecular flexibility index (Phi) is 3.90. The molecule has 2 rings (SSSR count). The second-order valence-electron chi connectivity index (χ2n) is 3.96.